The van der Waals surface area contributed by atoms with E-state index in [2.05, 4.69) is 29.0 Å². The van der Waals surface area contributed by atoms with Crippen LogP contribution in [0, 0.1) is 5.82 Å². The number of carbonyl (C=O) groups is 1. The molecule has 1 aromatic carbocycles. The Morgan fingerprint density at radius 2 is 1.96 bits per heavy atom. The third-order valence-electron chi connectivity index (χ3n) is 4.38. The van der Waals surface area contributed by atoms with Gasteiger partial charge in [0.25, 0.3) is 5.91 Å². The molecule has 0 aliphatic carbocycles. The van der Waals surface area contributed by atoms with Gasteiger partial charge in [-0.2, -0.15) is 0 Å². The summed E-state index contributed by atoms with van der Waals surface area (Å²) < 4.78 is 15.1. The van der Waals surface area contributed by atoms with Crippen LogP contribution in [0.2, 0.25) is 0 Å². The molecule has 134 valence electrons. The maximum absolute atomic E-state index is 13.1. The number of nitrogens with zero attached hydrogens (tertiary/aromatic N) is 5. The minimum Gasteiger partial charge on any atom is -0.329 e. The second-order valence-corrected chi connectivity index (χ2v) is 7.44. The Labute approximate surface area is 154 Å². The van der Waals surface area contributed by atoms with Gasteiger partial charge in [-0.05, 0) is 24.3 Å². The van der Waals surface area contributed by atoms with E-state index in [0.717, 1.165) is 22.4 Å². The molecular weight excluding hydrogens is 353 g/mol. The highest BCUT2D eigenvalue weighted by atomic mass is 32.1. The van der Waals surface area contributed by atoms with E-state index in [1.165, 1.54) is 24.3 Å². The van der Waals surface area contributed by atoms with Gasteiger partial charge >= 0.3 is 0 Å². The number of rotatable bonds is 3. The Bertz CT molecular complexity index is 947. The zero-order chi connectivity index (χ0) is 18.3. The van der Waals surface area contributed by atoms with E-state index in [1.54, 1.807) is 16.2 Å². The first-order valence-electron chi connectivity index (χ1n) is 8.45. The van der Waals surface area contributed by atoms with Crippen LogP contribution >= 0.6 is 11.3 Å². The van der Waals surface area contributed by atoms with Crippen molar-refractivity contribution in [2.45, 2.75) is 32.9 Å². The van der Waals surface area contributed by atoms with Crippen molar-refractivity contribution in [3.05, 3.63) is 51.9 Å². The molecule has 1 aliphatic heterocycles. The summed E-state index contributed by atoms with van der Waals surface area (Å²) in [6.45, 7) is 5.76. The summed E-state index contributed by atoms with van der Waals surface area (Å²) in [6.07, 6.45) is 0. The first-order chi connectivity index (χ1) is 12.5. The monoisotopic (exact) mass is 371 g/mol. The summed E-state index contributed by atoms with van der Waals surface area (Å²) in [6, 6.07) is 5.61. The van der Waals surface area contributed by atoms with E-state index in [4.69, 9.17) is 0 Å². The van der Waals surface area contributed by atoms with Crippen LogP contribution in [0.1, 0.15) is 41.0 Å². The Hall–Kier alpha value is -2.61. The van der Waals surface area contributed by atoms with Crippen LogP contribution < -0.4 is 0 Å². The molecule has 0 atom stereocenters. The number of fused-ring (bicyclic) bond motifs is 1. The zero-order valence-corrected chi connectivity index (χ0v) is 15.3. The molecule has 0 unspecified atom stereocenters. The summed E-state index contributed by atoms with van der Waals surface area (Å²) in [5, 5.41) is 11.6. The molecule has 0 fully saturated rings. The number of carbonyl (C=O) groups excluding carboxylic acids is 1. The van der Waals surface area contributed by atoms with Crippen LogP contribution in [0.15, 0.2) is 29.6 Å². The summed E-state index contributed by atoms with van der Waals surface area (Å²) in [7, 11) is 0. The summed E-state index contributed by atoms with van der Waals surface area (Å²) in [5.41, 5.74) is 1.30. The van der Waals surface area contributed by atoms with Crippen molar-refractivity contribution in [2.24, 2.45) is 0 Å². The smallest absolute Gasteiger partial charge is 0.254 e. The number of amides is 1. The highest BCUT2D eigenvalue weighted by molar-refractivity contribution is 7.10. The molecule has 0 radical (unpaired) electrons. The van der Waals surface area contributed by atoms with Crippen LogP contribution in [-0.2, 0) is 13.1 Å². The Morgan fingerprint density at radius 3 is 2.65 bits per heavy atom. The lowest BCUT2D eigenvalue weighted by molar-refractivity contribution is 0.0708. The number of aromatic nitrogens is 4. The van der Waals surface area contributed by atoms with Crippen LogP contribution in [0.5, 0.6) is 0 Å². The second-order valence-electron chi connectivity index (χ2n) is 6.55. The summed E-state index contributed by atoms with van der Waals surface area (Å²) in [4.78, 5) is 19.0. The number of thiazole rings is 1. The third kappa shape index (κ3) is 3.01. The fourth-order valence-electron chi connectivity index (χ4n) is 2.95. The van der Waals surface area contributed by atoms with Crippen LogP contribution in [-0.4, -0.2) is 37.1 Å². The quantitative estimate of drug-likeness (QED) is 0.708. The van der Waals surface area contributed by atoms with Crippen LogP contribution in [0.4, 0.5) is 4.39 Å². The van der Waals surface area contributed by atoms with Crippen molar-refractivity contribution in [1.29, 1.82) is 0 Å². The molecule has 4 rings (SSSR count). The van der Waals surface area contributed by atoms with Crippen molar-refractivity contribution < 1.29 is 9.18 Å². The predicted octanol–water partition coefficient (Wildman–Crippen LogP) is 3.32. The first-order valence-corrected chi connectivity index (χ1v) is 9.33. The van der Waals surface area contributed by atoms with Gasteiger partial charge in [0, 0.05) is 30.0 Å². The summed E-state index contributed by atoms with van der Waals surface area (Å²) in [5.74, 6) is 1.38. The number of benzene rings is 1. The topological polar surface area (TPSA) is 63.9 Å². The average molecular weight is 371 g/mol. The van der Waals surface area contributed by atoms with Gasteiger partial charge in [-0.1, -0.05) is 13.8 Å². The zero-order valence-electron chi connectivity index (χ0n) is 14.5. The normalized spacial score (nSPS) is 13.9. The largest absolute Gasteiger partial charge is 0.329 e. The molecule has 0 saturated carbocycles. The molecule has 3 aromatic rings. The van der Waals surface area contributed by atoms with Gasteiger partial charge in [0.1, 0.15) is 11.5 Å². The van der Waals surface area contributed by atoms with Gasteiger partial charge in [-0.3, -0.25) is 4.79 Å². The fraction of sp³-hybridized carbons (Fsp3) is 0.333. The Balaban J connectivity index is 1.56. The number of hydrogen-bond acceptors (Lipinski definition) is 5. The van der Waals surface area contributed by atoms with E-state index in [-0.39, 0.29) is 11.7 Å². The molecule has 0 spiro atoms. The molecule has 26 heavy (non-hydrogen) atoms. The van der Waals surface area contributed by atoms with E-state index >= 15 is 0 Å². The minimum atomic E-state index is -0.353. The summed E-state index contributed by atoms with van der Waals surface area (Å²) >= 11 is 1.62. The van der Waals surface area contributed by atoms with Crippen molar-refractivity contribution >= 4 is 17.2 Å². The van der Waals surface area contributed by atoms with Crippen molar-refractivity contribution in [3.63, 3.8) is 0 Å². The average Bonchev–Trinajstić information content (AvgIpc) is 3.28. The Morgan fingerprint density at radius 1 is 1.19 bits per heavy atom. The fourth-order valence-corrected chi connectivity index (χ4v) is 3.76. The molecule has 0 N–H and O–H groups in total. The molecule has 0 bridgehead atoms. The third-order valence-corrected chi connectivity index (χ3v) is 5.52. The van der Waals surface area contributed by atoms with E-state index < -0.39 is 0 Å². The lowest BCUT2D eigenvalue weighted by Gasteiger charge is -2.27. The lowest BCUT2D eigenvalue weighted by Crippen LogP contribution is -2.38. The van der Waals surface area contributed by atoms with Crippen LogP contribution in [0.25, 0.3) is 11.5 Å². The first kappa shape index (κ1) is 16.8. The highest BCUT2D eigenvalue weighted by Crippen LogP contribution is 2.27. The van der Waals surface area contributed by atoms with Gasteiger partial charge in [0.15, 0.2) is 11.6 Å². The molecule has 3 heterocycles. The van der Waals surface area contributed by atoms with Gasteiger partial charge < -0.3 is 9.47 Å². The Kier molecular flexibility index (Phi) is 4.28. The number of halogens is 1. The molecule has 8 heteroatoms. The van der Waals surface area contributed by atoms with Crippen molar-refractivity contribution in [1.82, 2.24) is 24.6 Å². The van der Waals surface area contributed by atoms with E-state index in [1.807, 2.05) is 9.95 Å². The van der Waals surface area contributed by atoms with Crippen LogP contribution in [0.3, 0.4) is 0 Å². The maximum Gasteiger partial charge on any atom is 0.254 e. The molecule has 1 amide bonds. The van der Waals surface area contributed by atoms with E-state index in [9.17, 15) is 9.18 Å². The SMILES string of the molecule is CC(C)c1nc(-c2nnc3n2CCN(C(=O)c2ccc(F)cc2)C3)cs1. The lowest BCUT2D eigenvalue weighted by atomic mass is 10.2. The van der Waals surface area contributed by atoms with Gasteiger partial charge in [-0.25, -0.2) is 9.37 Å². The maximum atomic E-state index is 13.1. The van der Waals surface area contributed by atoms with E-state index in [0.29, 0.717) is 31.1 Å². The number of hydrogen-bond donors (Lipinski definition) is 0. The van der Waals surface area contributed by atoms with Gasteiger partial charge in [0.2, 0.25) is 0 Å². The molecule has 1 aliphatic rings. The highest BCUT2D eigenvalue weighted by Gasteiger charge is 2.26. The second kappa shape index (κ2) is 6.60. The molecular formula is C18H18FN5OS. The minimum absolute atomic E-state index is 0.128. The molecule has 2 aromatic heterocycles. The standard InChI is InChI=1S/C18H18FN5OS/c1-11(2)17-20-14(10-26-17)16-22-21-15-9-23(7-8-24(15)16)18(25)12-3-5-13(19)6-4-12/h3-6,10-11H,7-9H2,1-2H3. The van der Waals surface area contributed by atoms with Gasteiger partial charge in [-0.15, -0.1) is 21.5 Å². The van der Waals surface area contributed by atoms with Crippen molar-refractivity contribution in [2.75, 3.05) is 6.54 Å². The predicted molar refractivity (Wildman–Crippen MR) is 96.4 cm³/mol. The van der Waals surface area contributed by atoms with Gasteiger partial charge in [0.05, 0.1) is 11.6 Å². The molecule has 6 nitrogen and oxygen atoms in total. The molecule has 0 saturated heterocycles. The van der Waals surface area contributed by atoms with Crippen molar-refractivity contribution in [3.8, 4) is 11.5 Å².